The Labute approximate surface area is 103 Å². The van der Waals surface area contributed by atoms with E-state index < -0.39 is 5.97 Å². The van der Waals surface area contributed by atoms with Crippen molar-refractivity contribution in [1.82, 2.24) is 0 Å². The number of hydrogen-bond donors (Lipinski definition) is 0. The van der Waals surface area contributed by atoms with Crippen molar-refractivity contribution in [1.29, 1.82) is 0 Å². The lowest BCUT2D eigenvalue weighted by Crippen LogP contribution is -2.32. The van der Waals surface area contributed by atoms with Crippen molar-refractivity contribution in [3.8, 4) is 0 Å². The summed E-state index contributed by atoms with van der Waals surface area (Å²) in [7, 11) is 2.06. The zero-order valence-electron chi connectivity index (χ0n) is 10.5. The Kier molecular flexibility index (Phi) is 6.30. The molecule has 0 aliphatic heterocycles. The quantitative estimate of drug-likeness (QED) is 0.501. The first-order chi connectivity index (χ1) is 8.20. The number of carboxylic acids is 1. The monoisotopic (exact) mass is 235 g/mol. The van der Waals surface area contributed by atoms with Gasteiger partial charge in [-0.2, -0.15) is 0 Å². The van der Waals surface area contributed by atoms with Crippen LogP contribution < -0.4 is 9.67 Å². The zero-order chi connectivity index (χ0) is 12.5. The van der Waals surface area contributed by atoms with Crippen molar-refractivity contribution in [2.45, 2.75) is 44.9 Å². The van der Waals surface area contributed by atoms with E-state index in [4.69, 9.17) is 0 Å². The molecule has 0 saturated heterocycles. The minimum Gasteiger partial charge on any atom is -0.550 e. The summed E-state index contributed by atoms with van der Waals surface area (Å²) in [6.45, 7) is 0. The van der Waals surface area contributed by atoms with Crippen molar-refractivity contribution in [2.24, 2.45) is 7.05 Å². The Morgan fingerprint density at radius 2 is 1.88 bits per heavy atom. The number of aromatic nitrogens is 1. The van der Waals surface area contributed by atoms with Gasteiger partial charge in [0.05, 0.1) is 0 Å². The lowest BCUT2D eigenvalue weighted by molar-refractivity contribution is -0.679. The molecule has 0 unspecified atom stereocenters. The first-order valence-electron chi connectivity index (χ1n) is 6.33. The molecule has 0 atom stereocenters. The van der Waals surface area contributed by atoms with E-state index in [-0.39, 0.29) is 6.42 Å². The first kappa shape index (κ1) is 13.7. The molecule has 0 saturated carbocycles. The second-order valence-corrected chi connectivity index (χ2v) is 4.44. The minimum absolute atomic E-state index is 0.202. The topological polar surface area (TPSA) is 44.0 Å². The Morgan fingerprint density at radius 3 is 2.59 bits per heavy atom. The number of carboxylic acid groups (broad SMARTS) is 1. The van der Waals surface area contributed by atoms with E-state index in [1.807, 2.05) is 6.07 Å². The number of carbonyl (C=O) groups excluding carboxylic acids is 1. The normalized spacial score (nSPS) is 10.4. The third-order valence-corrected chi connectivity index (χ3v) is 2.98. The van der Waals surface area contributed by atoms with Crippen LogP contribution in [0, 0.1) is 0 Å². The number of rotatable bonds is 8. The molecule has 1 aromatic heterocycles. The van der Waals surface area contributed by atoms with Gasteiger partial charge in [0.25, 0.3) is 0 Å². The van der Waals surface area contributed by atoms with Crippen LogP contribution in [0.1, 0.15) is 44.2 Å². The maximum atomic E-state index is 10.2. The average molecular weight is 235 g/mol. The summed E-state index contributed by atoms with van der Waals surface area (Å²) in [6, 6.07) is 6.24. The van der Waals surface area contributed by atoms with Crippen LogP contribution in [0.15, 0.2) is 24.4 Å². The van der Waals surface area contributed by atoms with E-state index in [9.17, 15) is 9.90 Å². The summed E-state index contributed by atoms with van der Waals surface area (Å²) in [5.41, 5.74) is 1.35. The van der Waals surface area contributed by atoms with Gasteiger partial charge in [0, 0.05) is 24.5 Å². The molecule has 3 heteroatoms. The molecule has 0 radical (unpaired) electrons. The molecular formula is C14H21NO2. The third kappa shape index (κ3) is 6.05. The maximum Gasteiger partial charge on any atom is 0.181 e. The van der Waals surface area contributed by atoms with E-state index in [1.54, 1.807) is 0 Å². The van der Waals surface area contributed by atoms with Crippen LogP contribution in [-0.2, 0) is 18.3 Å². The lowest BCUT2D eigenvalue weighted by atomic mass is 10.1. The minimum atomic E-state index is -0.929. The number of hydrogen-bond acceptors (Lipinski definition) is 2. The van der Waals surface area contributed by atoms with Crippen LogP contribution >= 0.6 is 0 Å². The van der Waals surface area contributed by atoms with E-state index in [0.717, 1.165) is 25.7 Å². The molecule has 0 aromatic carbocycles. The van der Waals surface area contributed by atoms with Crippen molar-refractivity contribution < 1.29 is 14.5 Å². The summed E-state index contributed by atoms with van der Waals surface area (Å²) < 4.78 is 2.15. The molecule has 0 N–H and O–H groups in total. The number of pyridine rings is 1. The Hall–Kier alpha value is -1.38. The van der Waals surface area contributed by atoms with Gasteiger partial charge in [0.15, 0.2) is 11.9 Å². The summed E-state index contributed by atoms with van der Waals surface area (Å²) in [5.74, 6) is -0.929. The molecule has 94 valence electrons. The predicted octanol–water partition coefficient (Wildman–Crippen LogP) is 1.14. The predicted molar refractivity (Wildman–Crippen MR) is 64.0 cm³/mol. The van der Waals surface area contributed by atoms with Crippen molar-refractivity contribution >= 4 is 5.97 Å². The van der Waals surface area contributed by atoms with Crippen molar-refractivity contribution in [3.63, 3.8) is 0 Å². The van der Waals surface area contributed by atoms with Gasteiger partial charge in [0.1, 0.15) is 7.05 Å². The van der Waals surface area contributed by atoms with Crippen molar-refractivity contribution in [2.75, 3.05) is 0 Å². The van der Waals surface area contributed by atoms with Gasteiger partial charge in [0.2, 0.25) is 0 Å². The molecule has 0 aliphatic rings. The smallest absolute Gasteiger partial charge is 0.181 e. The average Bonchev–Trinajstić information content (AvgIpc) is 2.30. The fraction of sp³-hybridized carbons (Fsp3) is 0.571. The molecule has 0 amide bonds. The fourth-order valence-electron chi connectivity index (χ4n) is 1.92. The van der Waals surface area contributed by atoms with Crippen LogP contribution in [0.5, 0.6) is 0 Å². The van der Waals surface area contributed by atoms with Gasteiger partial charge in [-0.1, -0.05) is 25.3 Å². The Morgan fingerprint density at radius 1 is 1.18 bits per heavy atom. The highest BCUT2D eigenvalue weighted by molar-refractivity contribution is 5.63. The SMILES string of the molecule is C[n+]1ccccc1CCCCCCCC(=O)[O-]. The fourth-order valence-corrected chi connectivity index (χ4v) is 1.92. The summed E-state index contributed by atoms with van der Waals surface area (Å²) in [5, 5.41) is 10.2. The molecular weight excluding hydrogens is 214 g/mol. The first-order valence-corrected chi connectivity index (χ1v) is 6.33. The molecule has 0 bridgehead atoms. The van der Waals surface area contributed by atoms with Crippen LogP contribution in [0.4, 0.5) is 0 Å². The highest BCUT2D eigenvalue weighted by atomic mass is 16.4. The van der Waals surface area contributed by atoms with E-state index >= 15 is 0 Å². The summed E-state index contributed by atoms with van der Waals surface area (Å²) in [6.07, 6.45) is 8.56. The number of aryl methyl sites for hydroxylation is 2. The number of carbonyl (C=O) groups is 1. The van der Waals surface area contributed by atoms with Crippen LogP contribution in [0.2, 0.25) is 0 Å². The van der Waals surface area contributed by atoms with E-state index in [2.05, 4.69) is 29.9 Å². The number of nitrogens with zero attached hydrogens (tertiary/aromatic N) is 1. The van der Waals surface area contributed by atoms with Gasteiger partial charge in [-0.05, 0) is 19.3 Å². The van der Waals surface area contributed by atoms with Gasteiger partial charge < -0.3 is 9.90 Å². The molecule has 1 heterocycles. The summed E-state index contributed by atoms with van der Waals surface area (Å²) >= 11 is 0. The van der Waals surface area contributed by atoms with Gasteiger partial charge >= 0.3 is 0 Å². The van der Waals surface area contributed by atoms with Gasteiger partial charge in [-0.25, -0.2) is 4.57 Å². The molecule has 17 heavy (non-hydrogen) atoms. The lowest BCUT2D eigenvalue weighted by Gasteiger charge is -2.02. The highest BCUT2D eigenvalue weighted by Crippen LogP contribution is 2.07. The number of aliphatic carboxylic acids is 1. The molecule has 0 aliphatic carbocycles. The summed E-state index contributed by atoms with van der Waals surface area (Å²) in [4.78, 5) is 10.2. The Bertz CT molecular complexity index is 350. The standard InChI is InChI=1S/C14H21NO2/c1-15-12-8-7-10-13(15)9-5-3-2-4-6-11-14(16)17/h7-8,10,12H,2-6,9,11H2,1H3. The molecule has 0 fully saturated rings. The zero-order valence-corrected chi connectivity index (χ0v) is 10.5. The second-order valence-electron chi connectivity index (χ2n) is 4.44. The maximum absolute atomic E-state index is 10.2. The van der Waals surface area contributed by atoms with Crippen LogP contribution in [-0.4, -0.2) is 5.97 Å². The van der Waals surface area contributed by atoms with Gasteiger partial charge in [-0.3, -0.25) is 0 Å². The molecule has 1 aromatic rings. The van der Waals surface area contributed by atoms with E-state index in [0.29, 0.717) is 0 Å². The third-order valence-electron chi connectivity index (χ3n) is 2.98. The van der Waals surface area contributed by atoms with E-state index in [1.165, 1.54) is 18.5 Å². The van der Waals surface area contributed by atoms with Crippen molar-refractivity contribution in [3.05, 3.63) is 30.1 Å². The van der Waals surface area contributed by atoms with Crippen LogP contribution in [0.3, 0.4) is 0 Å². The second kappa shape index (κ2) is 7.82. The molecule has 0 spiro atoms. The molecule has 3 nitrogen and oxygen atoms in total. The van der Waals surface area contributed by atoms with Crippen LogP contribution in [0.25, 0.3) is 0 Å². The van der Waals surface area contributed by atoms with Gasteiger partial charge in [-0.15, -0.1) is 0 Å². The highest BCUT2D eigenvalue weighted by Gasteiger charge is 2.03. The largest absolute Gasteiger partial charge is 0.550 e. The number of unbranched alkanes of at least 4 members (excludes halogenated alkanes) is 4. The molecule has 1 rings (SSSR count). The Balaban J connectivity index is 2.05.